The third-order valence-electron chi connectivity index (χ3n) is 8.77. The lowest BCUT2D eigenvalue weighted by Gasteiger charge is -2.32. The van der Waals surface area contributed by atoms with Gasteiger partial charge < -0.3 is 32.3 Å². The quantitative estimate of drug-likeness (QED) is 0.151. The lowest BCUT2D eigenvalue weighted by atomic mass is 10.0. The van der Waals surface area contributed by atoms with Crippen molar-refractivity contribution >= 4 is 40.7 Å². The molecule has 1 amide bonds. The Balaban J connectivity index is 0.000000197. The first-order valence-electron chi connectivity index (χ1n) is 16.8. The van der Waals surface area contributed by atoms with Crippen molar-refractivity contribution in [1.29, 1.82) is 0 Å². The fourth-order valence-corrected chi connectivity index (χ4v) is 5.96. The van der Waals surface area contributed by atoms with Gasteiger partial charge in [-0.15, -0.1) is 0 Å². The molecule has 0 bridgehead atoms. The van der Waals surface area contributed by atoms with Crippen molar-refractivity contribution in [1.82, 2.24) is 20.2 Å². The smallest absolute Gasteiger partial charge is 0.222 e. The van der Waals surface area contributed by atoms with Crippen LogP contribution < -0.4 is 27.4 Å². The van der Waals surface area contributed by atoms with Crippen LogP contribution in [0.1, 0.15) is 70.9 Å². The van der Waals surface area contributed by atoms with Gasteiger partial charge in [-0.25, -0.2) is 18.7 Å². The number of pyridine rings is 2. The minimum absolute atomic E-state index is 0.0000593. The number of nitrogens with zero attached hydrogens (tertiary/aromatic N) is 3. The van der Waals surface area contributed by atoms with Crippen molar-refractivity contribution in [2.75, 3.05) is 48.3 Å². The second-order valence-corrected chi connectivity index (χ2v) is 12.2. The van der Waals surface area contributed by atoms with Gasteiger partial charge in [-0.2, -0.15) is 0 Å². The average Bonchev–Trinajstić information content (AvgIpc) is 3.12. The molecule has 0 spiro atoms. The molecule has 2 aliphatic heterocycles. The Hall–Kier alpha value is -5.43. The monoisotopic (exact) mass is 684 g/mol. The summed E-state index contributed by atoms with van der Waals surface area (Å²) in [5.41, 5.74) is 12.2. The summed E-state index contributed by atoms with van der Waals surface area (Å²) in [4.78, 5) is 47.0. The van der Waals surface area contributed by atoms with Gasteiger partial charge in [0, 0.05) is 31.6 Å². The molecule has 2 aliphatic rings. The maximum Gasteiger partial charge on any atom is 0.222 e. The largest absolute Gasteiger partial charge is 0.383 e. The van der Waals surface area contributed by atoms with E-state index in [0.717, 1.165) is 38.8 Å². The lowest BCUT2D eigenvalue weighted by molar-refractivity contribution is -0.131. The second kappa shape index (κ2) is 16.8. The number of ketones is 2. The lowest BCUT2D eigenvalue weighted by Crippen LogP contribution is -2.42. The van der Waals surface area contributed by atoms with Crippen molar-refractivity contribution in [3.8, 4) is 0 Å². The number of carbonyl (C=O) groups excluding carboxylic acids is 3. The predicted octanol–water partition coefficient (Wildman–Crippen LogP) is 5.04. The van der Waals surface area contributed by atoms with Crippen LogP contribution in [0.15, 0.2) is 72.8 Å². The van der Waals surface area contributed by atoms with Gasteiger partial charge in [0.05, 0.1) is 22.3 Å². The molecule has 0 unspecified atom stereocenters. The van der Waals surface area contributed by atoms with Crippen LogP contribution in [0.4, 0.5) is 32.1 Å². The zero-order valence-corrected chi connectivity index (χ0v) is 27.9. The normalized spacial score (nSPS) is 15.1. The number of hydrogen-bond donors (Lipinski definition) is 5. The molecule has 13 heteroatoms. The maximum absolute atomic E-state index is 13.8. The highest BCUT2D eigenvalue weighted by molar-refractivity contribution is 6.12. The number of carbonyl (C=O) groups is 3. The molecule has 6 rings (SSSR count). The van der Waals surface area contributed by atoms with E-state index in [1.165, 1.54) is 30.3 Å². The van der Waals surface area contributed by atoms with Crippen LogP contribution in [-0.2, 0) is 4.79 Å². The van der Waals surface area contributed by atoms with E-state index in [4.69, 9.17) is 11.5 Å². The van der Waals surface area contributed by atoms with E-state index in [2.05, 4.69) is 25.9 Å². The number of aromatic nitrogens is 2. The highest BCUT2D eigenvalue weighted by Gasteiger charge is 2.23. The first kappa shape index (κ1) is 35.9. The molecule has 4 heterocycles. The summed E-state index contributed by atoms with van der Waals surface area (Å²) in [5.74, 6) is -0.544. The second-order valence-electron chi connectivity index (χ2n) is 12.2. The Kier molecular flexibility index (Phi) is 12.0. The number of amides is 1. The van der Waals surface area contributed by atoms with Gasteiger partial charge in [-0.3, -0.25) is 14.4 Å². The SMILES string of the molecule is CCC(=O)N1CCC(Nc2ccc(C(=O)c3ccccc3F)c(N)n2)CC1.Nc1nc(NC2CCNCC2)ccc1C(=O)c1ccccc1F. The van der Waals surface area contributed by atoms with E-state index in [9.17, 15) is 23.2 Å². The number of nitrogens with two attached hydrogens (primary N) is 2. The third-order valence-corrected chi connectivity index (χ3v) is 8.77. The fraction of sp³-hybridized carbons (Fsp3) is 0.324. The van der Waals surface area contributed by atoms with Gasteiger partial charge in [-0.05, 0) is 87.3 Å². The van der Waals surface area contributed by atoms with E-state index in [1.54, 1.807) is 42.5 Å². The van der Waals surface area contributed by atoms with E-state index >= 15 is 0 Å². The number of benzene rings is 2. The number of nitrogen functional groups attached to an aromatic ring is 2. The summed E-state index contributed by atoms with van der Waals surface area (Å²) in [6.07, 6.45) is 4.19. The molecule has 0 atom stereocenters. The fourth-order valence-electron chi connectivity index (χ4n) is 5.96. The van der Waals surface area contributed by atoms with E-state index in [-0.39, 0.29) is 45.8 Å². The Bertz CT molecular complexity index is 1820. The maximum atomic E-state index is 13.8. The molecule has 0 radical (unpaired) electrons. The highest BCUT2D eigenvalue weighted by Crippen LogP contribution is 2.23. The summed E-state index contributed by atoms with van der Waals surface area (Å²) in [6.45, 7) is 5.23. The van der Waals surface area contributed by atoms with E-state index < -0.39 is 23.2 Å². The molecule has 50 heavy (non-hydrogen) atoms. The zero-order chi connectivity index (χ0) is 35.6. The number of rotatable bonds is 9. The van der Waals surface area contributed by atoms with Gasteiger partial charge in [0.15, 0.2) is 11.6 Å². The molecule has 0 saturated carbocycles. The minimum Gasteiger partial charge on any atom is -0.383 e. The number of nitrogens with one attached hydrogen (secondary N) is 3. The van der Waals surface area contributed by atoms with Crippen LogP contribution in [0.3, 0.4) is 0 Å². The number of piperidine rings is 2. The Morgan fingerprint density at radius 1 is 0.700 bits per heavy atom. The summed E-state index contributed by atoms with van der Waals surface area (Å²) in [7, 11) is 0. The van der Waals surface area contributed by atoms with Crippen LogP contribution in [-0.4, -0.2) is 70.6 Å². The Morgan fingerprint density at radius 3 is 1.56 bits per heavy atom. The summed E-state index contributed by atoms with van der Waals surface area (Å²) in [6, 6.07) is 18.7. The molecule has 2 aromatic carbocycles. The highest BCUT2D eigenvalue weighted by atomic mass is 19.1. The van der Waals surface area contributed by atoms with Crippen molar-refractivity contribution in [3.63, 3.8) is 0 Å². The predicted molar refractivity (Wildman–Crippen MR) is 190 cm³/mol. The number of likely N-dealkylation sites (tertiary alicyclic amines) is 1. The van der Waals surface area contributed by atoms with Gasteiger partial charge in [-0.1, -0.05) is 31.2 Å². The van der Waals surface area contributed by atoms with Gasteiger partial charge in [0.25, 0.3) is 0 Å². The molecule has 262 valence electrons. The molecule has 2 saturated heterocycles. The molecule has 0 aliphatic carbocycles. The molecular weight excluding hydrogens is 642 g/mol. The topological polar surface area (TPSA) is 168 Å². The summed E-state index contributed by atoms with van der Waals surface area (Å²) < 4.78 is 27.6. The van der Waals surface area contributed by atoms with Crippen molar-refractivity contribution < 1.29 is 23.2 Å². The molecule has 2 aromatic heterocycles. The van der Waals surface area contributed by atoms with Crippen molar-refractivity contribution in [2.45, 2.75) is 51.1 Å². The van der Waals surface area contributed by atoms with Gasteiger partial charge in [0.1, 0.15) is 34.9 Å². The van der Waals surface area contributed by atoms with Crippen LogP contribution >= 0.6 is 0 Å². The van der Waals surface area contributed by atoms with Gasteiger partial charge >= 0.3 is 0 Å². The summed E-state index contributed by atoms with van der Waals surface area (Å²) in [5, 5.41) is 9.92. The first-order chi connectivity index (χ1) is 24.1. The Labute approximate surface area is 289 Å². The molecule has 4 aromatic rings. The molecule has 7 N–H and O–H groups in total. The molecule has 2 fully saturated rings. The van der Waals surface area contributed by atoms with Crippen molar-refractivity contribution in [3.05, 3.63) is 107 Å². The number of hydrogen-bond acceptors (Lipinski definition) is 10. The van der Waals surface area contributed by atoms with Crippen LogP contribution in [0.5, 0.6) is 0 Å². The Morgan fingerprint density at radius 2 is 1.14 bits per heavy atom. The van der Waals surface area contributed by atoms with E-state index in [0.29, 0.717) is 37.2 Å². The van der Waals surface area contributed by atoms with E-state index in [1.807, 2.05) is 11.8 Å². The zero-order valence-electron chi connectivity index (χ0n) is 27.9. The van der Waals surface area contributed by atoms with Crippen LogP contribution in [0.25, 0.3) is 0 Å². The third kappa shape index (κ3) is 8.97. The standard InChI is InChI=1S/C20H23FN4O2.C17H19FN4O/c1-2-18(26)25-11-9-13(10-12-25)23-17-8-7-15(20(22)24-17)19(27)14-5-3-4-6-16(14)21;18-14-4-2-1-3-12(14)16(23)13-5-6-15(22-17(13)19)21-11-7-9-20-10-8-11/h3-8,13H,2,9-12H2,1H3,(H3,22,23,24);1-6,11,20H,7-10H2,(H3,19,21,22). The van der Waals surface area contributed by atoms with Gasteiger partial charge in [0.2, 0.25) is 5.91 Å². The van der Waals surface area contributed by atoms with Crippen LogP contribution in [0, 0.1) is 11.6 Å². The number of anilines is 4. The van der Waals surface area contributed by atoms with Crippen LogP contribution in [0.2, 0.25) is 0 Å². The molecular formula is C37H42F2N8O3. The average molecular weight is 685 g/mol. The van der Waals surface area contributed by atoms with Crippen molar-refractivity contribution in [2.24, 2.45) is 0 Å². The number of halogens is 2. The first-order valence-corrected chi connectivity index (χ1v) is 16.8. The molecule has 11 nitrogen and oxygen atoms in total. The summed E-state index contributed by atoms with van der Waals surface area (Å²) >= 11 is 0. The minimum atomic E-state index is -0.586.